The summed E-state index contributed by atoms with van der Waals surface area (Å²) in [5, 5.41) is 12.1. The maximum absolute atomic E-state index is 8.80. The van der Waals surface area contributed by atoms with Crippen molar-refractivity contribution < 1.29 is 9.57 Å². The van der Waals surface area contributed by atoms with Crippen molar-refractivity contribution in [2.45, 2.75) is 27.2 Å². The molecule has 0 amide bonds. The molecular formula is C17H23ClN4O2. The third-order valence-electron chi connectivity index (χ3n) is 2.41. The molecule has 0 spiro atoms. The summed E-state index contributed by atoms with van der Waals surface area (Å²) < 4.78 is 5.18. The first kappa shape index (κ1) is 21.5. The van der Waals surface area contributed by atoms with Crippen molar-refractivity contribution in [3.05, 3.63) is 52.7 Å². The predicted octanol–water partition coefficient (Wildman–Crippen LogP) is 4.35. The second-order valence-corrected chi connectivity index (χ2v) is 4.87. The fourth-order valence-corrected chi connectivity index (χ4v) is 1.73. The minimum atomic E-state index is 0.0715. The first-order chi connectivity index (χ1) is 11.5. The second-order valence-electron chi connectivity index (χ2n) is 4.46. The van der Waals surface area contributed by atoms with E-state index >= 15 is 0 Å². The number of ether oxygens (including phenoxy) is 1. The summed E-state index contributed by atoms with van der Waals surface area (Å²) in [6.07, 6.45) is 2.75. The molecule has 130 valence electrons. The molecule has 0 atom stereocenters. The highest BCUT2D eigenvalue weighted by atomic mass is 35.5. The third kappa shape index (κ3) is 6.73. The number of aliphatic imine (C=N–C) groups is 1. The minimum absolute atomic E-state index is 0.0715. The molecule has 0 saturated carbocycles. The van der Waals surface area contributed by atoms with E-state index < -0.39 is 0 Å². The van der Waals surface area contributed by atoms with Crippen LogP contribution < -0.4 is 11.2 Å². The maximum Gasteiger partial charge on any atom is 0.281 e. The number of rotatable bonds is 6. The number of hydrogen-bond acceptors (Lipinski definition) is 6. The van der Waals surface area contributed by atoms with Crippen molar-refractivity contribution in [1.82, 2.24) is 0 Å². The van der Waals surface area contributed by atoms with Crippen LogP contribution in [-0.2, 0) is 9.57 Å². The molecule has 24 heavy (non-hydrogen) atoms. The fourth-order valence-electron chi connectivity index (χ4n) is 1.50. The van der Waals surface area contributed by atoms with Crippen LogP contribution in [0.2, 0.25) is 5.02 Å². The number of methoxy groups -OCH3 is 1. The zero-order valence-corrected chi connectivity index (χ0v) is 15.1. The largest absolute Gasteiger partial charge is 0.490 e. The minimum Gasteiger partial charge on any atom is -0.490 e. The Hall–Kier alpha value is -2.49. The Morgan fingerprint density at radius 1 is 1.50 bits per heavy atom. The van der Waals surface area contributed by atoms with E-state index in [1.807, 2.05) is 6.07 Å². The highest BCUT2D eigenvalue weighted by Gasteiger charge is 2.13. The number of nitrogens with one attached hydrogen (secondary N) is 1. The molecule has 1 aromatic carbocycles. The summed E-state index contributed by atoms with van der Waals surface area (Å²) in [5.74, 6) is 5.46. The van der Waals surface area contributed by atoms with Crippen LogP contribution in [0.15, 0.2) is 47.1 Å². The summed E-state index contributed by atoms with van der Waals surface area (Å²) in [6, 6.07) is 6.83. The Kier molecular flexibility index (Phi) is 10.8. The number of nitriles is 1. The van der Waals surface area contributed by atoms with Crippen LogP contribution in [0.25, 0.3) is 0 Å². The highest BCUT2D eigenvalue weighted by molar-refractivity contribution is 6.33. The quantitative estimate of drug-likeness (QED) is 0.344. The second kappa shape index (κ2) is 12.0. The van der Waals surface area contributed by atoms with Crippen LogP contribution in [0.3, 0.4) is 0 Å². The monoisotopic (exact) mass is 350 g/mol. The Labute approximate surface area is 148 Å². The van der Waals surface area contributed by atoms with Gasteiger partial charge < -0.3 is 14.9 Å². The molecule has 0 aliphatic rings. The van der Waals surface area contributed by atoms with Gasteiger partial charge in [-0.1, -0.05) is 38.4 Å². The summed E-state index contributed by atoms with van der Waals surface area (Å²) in [7, 11) is 1.44. The number of hydrogen-bond donors (Lipinski definition) is 2. The van der Waals surface area contributed by atoms with Crippen LogP contribution in [-0.4, -0.2) is 13.3 Å². The van der Waals surface area contributed by atoms with Crippen molar-refractivity contribution in [2.75, 3.05) is 12.4 Å². The molecule has 3 N–H and O–H groups in total. The lowest BCUT2D eigenvalue weighted by molar-refractivity contribution is 0.183. The van der Waals surface area contributed by atoms with Gasteiger partial charge in [0.2, 0.25) is 5.76 Å². The third-order valence-corrected chi connectivity index (χ3v) is 2.73. The van der Waals surface area contributed by atoms with E-state index in [2.05, 4.69) is 35.6 Å². The predicted molar refractivity (Wildman–Crippen MR) is 98.4 cm³/mol. The van der Waals surface area contributed by atoms with Crippen LogP contribution in [0.4, 0.5) is 5.69 Å². The maximum atomic E-state index is 8.80. The molecule has 0 saturated heterocycles. The normalized spacial score (nSPS) is 10.9. The van der Waals surface area contributed by atoms with E-state index in [1.54, 1.807) is 19.1 Å². The van der Waals surface area contributed by atoms with E-state index in [9.17, 15) is 0 Å². The van der Waals surface area contributed by atoms with Gasteiger partial charge in [-0.3, -0.25) is 0 Å². The number of halogens is 1. The van der Waals surface area contributed by atoms with Crippen molar-refractivity contribution >= 4 is 23.5 Å². The van der Waals surface area contributed by atoms with Gasteiger partial charge in [-0.2, -0.15) is 11.2 Å². The standard InChI is InChI=1S/C14H15ClN4O2.C3H8/c1-4-18-14(21-17)13(20-3)9(2)19-12-6-5-10(8-16)7-11(12)15;1-3-2/h4-7,19H,2,17H2,1,3H3;3H2,1-2H3/b14-13-,18-4-;. The average Bonchev–Trinajstić information content (AvgIpc) is 2.57. The average molecular weight is 351 g/mol. The van der Waals surface area contributed by atoms with E-state index in [0.717, 1.165) is 0 Å². The van der Waals surface area contributed by atoms with Gasteiger partial charge in [-0.25, -0.2) is 4.99 Å². The van der Waals surface area contributed by atoms with Gasteiger partial charge in [0.05, 0.1) is 35.1 Å². The van der Waals surface area contributed by atoms with E-state index in [-0.39, 0.29) is 11.6 Å². The summed E-state index contributed by atoms with van der Waals surface area (Å²) in [4.78, 5) is 8.58. The molecule has 0 unspecified atom stereocenters. The molecular weight excluding hydrogens is 328 g/mol. The Bertz CT molecular complexity index is 648. The lowest BCUT2D eigenvalue weighted by atomic mass is 10.2. The number of nitrogens with zero attached hydrogens (tertiary/aromatic N) is 2. The molecule has 0 aliphatic carbocycles. The zero-order valence-electron chi connectivity index (χ0n) is 14.4. The van der Waals surface area contributed by atoms with Gasteiger partial charge >= 0.3 is 0 Å². The number of benzene rings is 1. The smallest absolute Gasteiger partial charge is 0.281 e. The number of anilines is 1. The lowest BCUT2D eigenvalue weighted by Gasteiger charge is -2.14. The summed E-state index contributed by atoms with van der Waals surface area (Å²) in [5.41, 5.74) is 1.38. The highest BCUT2D eigenvalue weighted by Crippen LogP contribution is 2.26. The Morgan fingerprint density at radius 2 is 2.12 bits per heavy atom. The fraction of sp³-hybridized carbons (Fsp3) is 0.294. The first-order valence-electron chi connectivity index (χ1n) is 7.28. The van der Waals surface area contributed by atoms with Crippen molar-refractivity contribution in [3.63, 3.8) is 0 Å². The number of nitrogens with two attached hydrogens (primary N) is 1. The topological polar surface area (TPSA) is 92.7 Å². The van der Waals surface area contributed by atoms with Crippen molar-refractivity contribution in [1.29, 1.82) is 5.26 Å². The molecule has 0 bridgehead atoms. The molecule has 0 radical (unpaired) electrons. The van der Waals surface area contributed by atoms with Gasteiger partial charge in [0, 0.05) is 6.21 Å². The molecule has 7 heteroatoms. The molecule has 0 fully saturated rings. The molecule has 0 aromatic heterocycles. The van der Waals surface area contributed by atoms with Gasteiger partial charge in [-0.15, -0.1) is 0 Å². The van der Waals surface area contributed by atoms with Gasteiger partial charge in [0.1, 0.15) is 0 Å². The van der Waals surface area contributed by atoms with Gasteiger partial charge in [-0.05, 0) is 25.1 Å². The van der Waals surface area contributed by atoms with Crippen LogP contribution >= 0.6 is 11.6 Å². The Balaban J connectivity index is 0.00000163. The van der Waals surface area contributed by atoms with Crippen LogP contribution in [0, 0.1) is 11.3 Å². The van der Waals surface area contributed by atoms with Crippen LogP contribution in [0.5, 0.6) is 0 Å². The molecule has 1 rings (SSSR count). The van der Waals surface area contributed by atoms with Gasteiger partial charge in [0.25, 0.3) is 5.88 Å². The Morgan fingerprint density at radius 3 is 2.54 bits per heavy atom. The van der Waals surface area contributed by atoms with Crippen molar-refractivity contribution in [3.8, 4) is 6.07 Å². The van der Waals surface area contributed by atoms with E-state index in [0.29, 0.717) is 22.0 Å². The molecule has 0 heterocycles. The summed E-state index contributed by atoms with van der Waals surface area (Å²) >= 11 is 6.08. The van der Waals surface area contributed by atoms with E-state index in [1.165, 1.54) is 25.8 Å². The van der Waals surface area contributed by atoms with Crippen LogP contribution in [0.1, 0.15) is 32.8 Å². The summed E-state index contributed by atoms with van der Waals surface area (Å²) in [6.45, 7) is 9.79. The SMILES string of the molecule is C=C(Nc1ccc(C#N)cc1Cl)/C(OC)=C(\N=C/C)ON.CCC. The van der Waals surface area contributed by atoms with Crippen molar-refractivity contribution in [2.24, 2.45) is 10.9 Å². The molecule has 0 aliphatic heterocycles. The molecule has 6 nitrogen and oxygen atoms in total. The molecule has 1 aromatic rings. The van der Waals surface area contributed by atoms with Gasteiger partial charge in [0.15, 0.2) is 0 Å². The van der Waals surface area contributed by atoms with E-state index in [4.69, 9.17) is 27.5 Å². The lowest BCUT2D eigenvalue weighted by Crippen LogP contribution is -2.09. The first-order valence-corrected chi connectivity index (χ1v) is 7.66. The zero-order chi connectivity index (χ0) is 18.5.